The van der Waals surface area contributed by atoms with Gasteiger partial charge in [-0.15, -0.1) is 0 Å². The second-order valence-electron chi connectivity index (χ2n) is 24.2. The van der Waals surface area contributed by atoms with Crippen LogP contribution >= 0.6 is 0 Å². The van der Waals surface area contributed by atoms with Crippen LogP contribution in [0.3, 0.4) is 0 Å². The molecule has 6 nitrogen and oxygen atoms in total. The second kappa shape index (κ2) is 16.8. The molecule has 7 aliphatic heterocycles. The standard InChI is InChI=1S/C73H57B2N5O/c1-3-25-50(26-4-1)79-62-43-68-55(41-59(62)74-57-31-12-20-47-23-15-35-77(72(47)57)64-37-49(38-66(79)70(64)74)54-30-11-19-45-17-7-9-29-53(45)54)56-42-60-63(44-69(56)81-68)80(51-27-5-2-6-28-51)67-40-52(76-34-14-22-46-18-8-10-33-61(46)76)39-65-71(67)75(60)58-32-13-21-48-24-16-36-78(65)73(48)58/h1-10,12-13,17-18,20-21,25-29,31-33,37-44,54H,11,14-16,19,22-24,30,34-36H2. The Morgan fingerprint density at radius 1 is 0.358 bits per heavy atom. The van der Waals surface area contributed by atoms with Crippen LogP contribution in [-0.4, -0.2) is 33.1 Å². The fourth-order valence-corrected chi connectivity index (χ4v) is 16.9. The molecule has 1 aromatic heterocycles. The molecule has 1 aliphatic carbocycles. The van der Waals surface area contributed by atoms with Gasteiger partial charge in [-0.05, 0) is 179 Å². The van der Waals surface area contributed by atoms with Crippen molar-refractivity contribution >= 4 is 136 Å². The lowest BCUT2D eigenvalue weighted by molar-refractivity contribution is 0.616. The highest BCUT2D eigenvalue weighted by molar-refractivity contribution is 7.01. The molecule has 386 valence electrons. The quantitative estimate of drug-likeness (QED) is 0.163. The number of anilines is 12. The third kappa shape index (κ3) is 6.25. The van der Waals surface area contributed by atoms with Gasteiger partial charge in [0.15, 0.2) is 0 Å². The summed E-state index contributed by atoms with van der Waals surface area (Å²) in [5.74, 6) is 0.332. The highest BCUT2D eigenvalue weighted by Gasteiger charge is 2.48. The van der Waals surface area contributed by atoms with Crippen LogP contribution in [0.4, 0.5) is 68.2 Å². The minimum absolute atomic E-state index is 0.0254. The van der Waals surface area contributed by atoms with E-state index < -0.39 is 0 Å². The topological polar surface area (TPSA) is 29.3 Å². The summed E-state index contributed by atoms with van der Waals surface area (Å²) in [4.78, 5) is 13.2. The van der Waals surface area contributed by atoms with Crippen LogP contribution in [0.1, 0.15) is 71.4 Å². The SMILES string of the molecule is c1ccc(N2c3cc4oc5cc6c(cc5c4cc3B3c4cccc5c4N(CCC5)c4cc(C5CCCc7ccccc75)cc2c43)B2c3cccc4c3N(CCC4)c3cc(N4CCCc5ccccc54)cc(c32)N6c2ccccc2)cc1. The first-order chi connectivity index (χ1) is 40.2. The Kier molecular flexibility index (Phi) is 9.34. The molecule has 0 saturated carbocycles. The number of benzene rings is 10. The van der Waals surface area contributed by atoms with Crippen LogP contribution in [0.15, 0.2) is 199 Å². The molecule has 1 unspecified atom stereocenters. The lowest BCUT2D eigenvalue weighted by Crippen LogP contribution is -2.62. The Morgan fingerprint density at radius 3 is 1.49 bits per heavy atom. The van der Waals surface area contributed by atoms with E-state index in [0.29, 0.717) is 5.92 Å². The van der Waals surface area contributed by atoms with Crippen molar-refractivity contribution in [1.82, 2.24) is 0 Å². The van der Waals surface area contributed by atoms with Gasteiger partial charge in [0.2, 0.25) is 0 Å². The summed E-state index contributed by atoms with van der Waals surface area (Å²) >= 11 is 0. The monoisotopic (exact) mass is 1040 g/mol. The number of rotatable bonds is 4. The van der Waals surface area contributed by atoms with E-state index >= 15 is 0 Å². The highest BCUT2D eigenvalue weighted by atomic mass is 16.3. The number of furan rings is 1. The minimum Gasteiger partial charge on any atom is -0.456 e. The number of nitrogens with zero attached hydrogens (tertiary/aromatic N) is 5. The Hall–Kier alpha value is -8.87. The van der Waals surface area contributed by atoms with Gasteiger partial charge in [0.05, 0.1) is 0 Å². The molecule has 19 rings (SSSR count). The van der Waals surface area contributed by atoms with E-state index in [1.807, 2.05) is 0 Å². The van der Waals surface area contributed by atoms with Gasteiger partial charge in [-0.25, -0.2) is 0 Å². The molecule has 0 bridgehead atoms. The summed E-state index contributed by atoms with van der Waals surface area (Å²) in [7, 11) is 0. The molecule has 0 radical (unpaired) electrons. The molecule has 0 spiro atoms. The molecule has 81 heavy (non-hydrogen) atoms. The number of para-hydroxylation sites is 5. The molecule has 1 atom stereocenters. The number of hydrogen-bond acceptors (Lipinski definition) is 6. The first-order valence-electron chi connectivity index (χ1n) is 30.0. The molecule has 8 aliphatic rings. The van der Waals surface area contributed by atoms with Crippen molar-refractivity contribution in [2.45, 2.75) is 63.7 Å². The number of aryl methyl sites for hydroxylation is 4. The molecular weight excluding hydrogens is 984 g/mol. The van der Waals surface area contributed by atoms with E-state index in [0.717, 1.165) is 87.9 Å². The molecule has 8 heteroatoms. The third-order valence-corrected chi connectivity index (χ3v) is 20.1. The molecule has 11 aromatic rings. The summed E-state index contributed by atoms with van der Waals surface area (Å²) in [5.41, 5.74) is 34.3. The van der Waals surface area contributed by atoms with Gasteiger partial charge in [-0.2, -0.15) is 0 Å². The largest absolute Gasteiger partial charge is 0.456 e. The van der Waals surface area contributed by atoms with Gasteiger partial charge in [0, 0.05) is 117 Å². The van der Waals surface area contributed by atoms with Gasteiger partial charge in [-0.3, -0.25) is 0 Å². The van der Waals surface area contributed by atoms with Gasteiger partial charge >= 0.3 is 0 Å². The van der Waals surface area contributed by atoms with Crippen LogP contribution < -0.4 is 57.3 Å². The Bertz CT molecular complexity index is 4230. The summed E-state index contributed by atoms with van der Waals surface area (Å²) in [6.07, 6.45) is 10.2. The lowest BCUT2D eigenvalue weighted by atomic mass is 9.33. The first kappa shape index (κ1) is 44.9. The van der Waals surface area contributed by atoms with Crippen molar-refractivity contribution in [2.75, 3.05) is 44.1 Å². The summed E-state index contributed by atoms with van der Waals surface area (Å²) in [6, 6.07) is 75.2. The predicted molar refractivity (Wildman–Crippen MR) is 339 cm³/mol. The zero-order valence-electron chi connectivity index (χ0n) is 45.3. The lowest BCUT2D eigenvalue weighted by Gasteiger charge is -2.47. The minimum atomic E-state index is 0.0254. The van der Waals surface area contributed by atoms with Crippen molar-refractivity contribution in [1.29, 1.82) is 0 Å². The first-order valence-corrected chi connectivity index (χ1v) is 30.0. The van der Waals surface area contributed by atoms with E-state index in [1.165, 1.54) is 146 Å². The normalized spacial score (nSPS) is 17.5. The van der Waals surface area contributed by atoms with Crippen LogP contribution in [0, 0.1) is 0 Å². The number of fused-ring (bicyclic) bond motifs is 13. The zero-order chi connectivity index (χ0) is 52.6. The van der Waals surface area contributed by atoms with Crippen LogP contribution in [0.25, 0.3) is 21.9 Å². The van der Waals surface area contributed by atoms with Gasteiger partial charge in [-0.1, -0.05) is 127 Å². The van der Waals surface area contributed by atoms with E-state index in [9.17, 15) is 0 Å². The molecule has 0 fully saturated rings. The fraction of sp³-hybridized carbons (Fsp3) is 0.178. The van der Waals surface area contributed by atoms with Gasteiger partial charge < -0.3 is 28.9 Å². The van der Waals surface area contributed by atoms with Crippen molar-refractivity contribution < 1.29 is 4.42 Å². The Balaban J connectivity index is 0.872. The smallest absolute Gasteiger partial charge is 0.252 e. The summed E-state index contributed by atoms with van der Waals surface area (Å²) < 4.78 is 7.44. The second-order valence-corrected chi connectivity index (χ2v) is 24.2. The maximum Gasteiger partial charge on any atom is 0.252 e. The molecule has 0 saturated heterocycles. The predicted octanol–water partition coefficient (Wildman–Crippen LogP) is 13.5. The van der Waals surface area contributed by atoms with Crippen LogP contribution in [-0.2, 0) is 25.7 Å². The molecule has 10 aromatic carbocycles. The van der Waals surface area contributed by atoms with Crippen LogP contribution in [0.5, 0.6) is 0 Å². The average molecular weight is 1040 g/mol. The van der Waals surface area contributed by atoms with Crippen molar-refractivity contribution in [3.63, 3.8) is 0 Å². The molecule has 0 amide bonds. The Morgan fingerprint density at radius 2 is 0.852 bits per heavy atom. The fourth-order valence-electron chi connectivity index (χ4n) is 16.9. The summed E-state index contributed by atoms with van der Waals surface area (Å²) in [5, 5.41) is 2.35. The average Bonchev–Trinajstić information content (AvgIpc) is 4.11. The maximum atomic E-state index is 7.44. The van der Waals surface area contributed by atoms with E-state index in [4.69, 9.17) is 4.42 Å². The number of hydrogen-bond donors (Lipinski definition) is 0. The highest BCUT2D eigenvalue weighted by Crippen LogP contribution is 2.51. The van der Waals surface area contributed by atoms with E-state index in [2.05, 4.69) is 219 Å². The van der Waals surface area contributed by atoms with Crippen molar-refractivity contribution in [2.24, 2.45) is 0 Å². The van der Waals surface area contributed by atoms with Gasteiger partial charge in [0.1, 0.15) is 11.2 Å². The summed E-state index contributed by atoms with van der Waals surface area (Å²) in [6.45, 7) is 3.07. The molecule has 8 heterocycles. The molecular formula is C73H57B2N5O. The Labute approximate surface area is 473 Å². The van der Waals surface area contributed by atoms with Crippen molar-refractivity contribution in [3.05, 3.63) is 228 Å². The molecule has 0 N–H and O–H groups in total. The maximum absolute atomic E-state index is 7.44. The third-order valence-electron chi connectivity index (χ3n) is 20.1. The van der Waals surface area contributed by atoms with Crippen molar-refractivity contribution in [3.8, 4) is 0 Å². The van der Waals surface area contributed by atoms with E-state index in [-0.39, 0.29) is 13.4 Å². The van der Waals surface area contributed by atoms with E-state index in [1.54, 1.807) is 0 Å². The van der Waals surface area contributed by atoms with Crippen LogP contribution in [0.2, 0.25) is 0 Å². The van der Waals surface area contributed by atoms with Gasteiger partial charge in [0.25, 0.3) is 13.4 Å². The zero-order valence-corrected chi connectivity index (χ0v) is 45.3.